The Labute approximate surface area is 150 Å². The number of ether oxygens (including phenoxy) is 1. The topological polar surface area (TPSA) is 26.3 Å². The van der Waals surface area contributed by atoms with Crippen molar-refractivity contribution < 1.29 is 9.53 Å². The molecule has 0 aliphatic carbocycles. The summed E-state index contributed by atoms with van der Waals surface area (Å²) in [5, 5.41) is 0. The van der Waals surface area contributed by atoms with Crippen LogP contribution in [0.25, 0.3) is 11.6 Å². The molecule has 1 heterocycles. The molecule has 3 rings (SSSR count). The summed E-state index contributed by atoms with van der Waals surface area (Å²) in [5.74, 6) is 0.886. The average molecular weight is 416 g/mol. The standard InChI is InChI=1S/C20H17IO2/c1-13-10-16(9-8-14(2)22)20-17(11-13)19(18(21)12-23-20)15-6-4-3-5-7-15/h3-11H,12H2,1-2H3/b9-8+. The highest BCUT2D eigenvalue weighted by atomic mass is 127. The molecule has 0 bridgehead atoms. The molecule has 0 saturated heterocycles. The molecule has 1 aliphatic rings. The van der Waals surface area contributed by atoms with Crippen molar-refractivity contribution in [2.24, 2.45) is 0 Å². The van der Waals surface area contributed by atoms with Gasteiger partial charge in [0, 0.05) is 20.3 Å². The van der Waals surface area contributed by atoms with Crippen molar-refractivity contribution in [1.29, 1.82) is 0 Å². The van der Waals surface area contributed by atoms with Gasteiger partial charge in [0.2, 0.25) is 0 Å². The van der Waals surface area contributed by atoms with E-state index in [2.05, 4.69) is 53.8 Å². The smallest absolute Gasteiger partial charge is 0.152 e. The van der Waals surface area contributed by atoms with Gasteiger partial charge in [-0.1, -0.05) is 30.3 Å². The number of halogens is 1. The number of rotatable bonds is 3. The molecule has 0 atom stereocenters. The van der Waals surface area contributed by atoms with Crippen molar-refractivity contribution in [3.8, 4) is 5.75 Å². The summed E-state index contributed by atoms with van der Waals surface area (Å²) in [6.07, 6.45) is 3.43. The van der Waals surface area contributed by atoms with Gasteiger partial charge in [-0.15, -0.1) is 0 Å². The molecule has 0 spiro atoms. The van der Waals surface area contributed by atoms with E-state index in [-0.39, 0.29) is 5.78 Å². The number of hydrogen-bond acceptors (Lipinski definition) is 2. The fraction of sp³-hybridized carbons (Fsp3) is 0.150. The van der Waals surface area contributed by atoms with Crippen molar-refractivity contribution in [3.05, 3.63) is 74.4 Å². The lowest BCUT2D eigenvalue weighted by atomic mass is 9.92. The minimum atomic E-state index is 0.0319. The zero-order valence-electron chi connectivity index (χ0n) is 13.1. The molecule has 0 unspecified atom stereocenters. The van der Waals surface area contributed by atoms with Gasteiger partial charge in [0.15, 0.2) is 5.78 Å². The molecule has 0 saturated carbocycles. The Hall–Kier alpha value is -1.88. The van der Waals surface area contributed by atoms with E-state index in [9.17, 15) is 4.79 Å². The molecule has 2 aromatic rings. The largest absolute Gasteiger partial charge is 0.487 e. The highest BCUT2D eigenvalue weighted by molar-refractivity contribution is 14.1. The maximum absolute atomic E-state index is 11.3. The molecular weight excluding hydrogens is 399 g/mol. The van der Waals surface area contributed by atoms with E-state index in [0.29, 0.717) is 6.61 Å². The van der Waals surface area contributed by atoms with Crippen LogP contribution < -0.4 is 4.74 Å². The van der Waals surface area contributed by atoms with Crippen LogP contribution in [0.2, 0.25) is 0 Å². The normalized spacial score (nSPS) is 13.9. The zero-order valence-corrected chi connectivity index (χ0v) is 15.3. The molecule has 0 amide bonds. The van der Waals surface area contributed by atoms with E-state index in [4.69, 9.17) is 4.74 Å². The van der Waals surface area contributed by atoms with Crippen molar-refractivity contribution in [2.45, 2.75) is 13.8 Å². The Morgan fingerprint density at radius 1 is 1.22 bits per heavy atom. The first-order valence-electron chi connectivity index (χ1n) is 7.47. The predicted octanol–water partition coefficient (Wildman–Crippen LogP) is 5.18. The maximum Gasteiger partial charge on any atom is 0.152 e. The second-order valence-electron chi connectivity index (χ2n) is 5.61. The van der Waals surface area contributed by atoms with E-state index >= 15 is 0 Å². The van der Waals surface area contributed by atoms with Crippen LogP contribution in [0, 0.1) is 6.92 Å². The molecule has 0 aromatic heterocycles. The summed E-state index contributed by atoms with van der Waals surface area (Å²) < 4.78 is 7.17. The van der Waals surface area contributed by atoms with E-state index in [0.717, 1.165) is 22.4 Å². The fourth-order valence-corrected chi connectivity index (χ4v) is 3.51. The summed E-state index contributed by atoms with van der Waals surface area (Å²) in [6, 6.07) is 14.6. The minimum absolute atomic E-state index is 0.0319. The highest BCUT2D eigenvalue weighted by Crippen LogP contribution is 2.42. The van der Waals surface area contributed by atoms with Crippen LogP contribution in [-0.4, -0.2) is 12.4 Å². The Balaban J connectivity index is 2.20. The number of allylic oxidation sites excluding steroid dienone is 1. The van der Waals surface area contributed by atoms with Crippen LogP contribution >= 0.6 is 22.6 Å². The minimum Gasteiger partial charge on any atom is -0.487 e. The number of ketones is 1. The lowest BCUT2D eigenvalue weighted by Crippen LogP contribution is -2.10. The van der Waals surface area contributed by atoms with Crippen molar-refractivity contribution in [1.82, 2.24) is 0 Å². The second kappa shape index (κ2) is 6.71. The van der Waals surface area contributed by atoms with Gasteiger partial charge in [-0.25, -0.2) is 0 Å². The molecule has 0 fully saturated rings. The maximum atomic E-state index is 11.3. The van der Waals surface area contributed by atoms with Gasteiger partial charge in [0.25, 0.3) is 0 Å². The molecule has 1 aliphatic heterocycles. The number of aryl methyl sites for hydroxylation is 1. The number of fused-ring (bicyclic) bond motifs is 1. The SMILES string of the molecule is CC(=O)/C=C/c1cc(C)cc2c1OCC(I)=C2c1ccccc1. The molecule has 116 valence electrons. The zero-order chi connectivity index (χ0) is 16.4. The summed E-state index contributed by atoms with van der Waals surface area (Å²) in [5.41, 5.74) is 5.60. The van der Waals surface area contributed by atoms with Crippen LogP contribution in [0.5, 0.6) is 5.75 Å². The lowest BCUT2D eigenvalue weighted by molar-refractivity contribution is -0.112. The summed E-state index contributed by atoms with van der Waals surface area (Å²) in [4.78, 5) is 11.3. The third-order valence-corrected chi connectivity index (χ3v) is 4.56. The predicted molar refractivity (Wildman–Crippen MR) is 103 cm³/mol. The lowest BCUT2D eigenvalue weighted by Gasteiger charge is -2.24. The highest BCUT2D eigenvalue weighted by Gasteiger charge is 2.22. The first-order valence-corrected chi connectivity index (χ1v) is 8.54. The van der Waals surface area contributed by atoms with Gasteiger partial charge in [-0.3, -0.25) is 4.79 Å². The van der Waals surface area contributed by atoms with E-state index < -0.39 is 0 Å². The molecule has 2 aromatic carbocycles. The number of hydrogen-bond donors (Lipinski definition) is 0. The molecule has 3 heteroatoms. The van der Waals surface area contributed by atoms with Crippen molar-refractivity contribution >= 4 is 40.0 Å². The first kappa shape index (κ1) is 16.0. The van der Waals surface area contributed by atoms with Gasteiger partial charge in [-0.05, 0) is 71.9 Å². The van der Waals surface area contributed by atoms with Gasteiger partial charge < -0.3 is 4.74 Å². The van der Waals surface area contributed by atoms with Crippen LogP contribution in [0.4, 0.5) is 0 Å². The van der Waals surface area contributed by atoms with Gasteiger partial charge in [-0.2, -0.15) is 0 Å². The Morgan fingerprint density at radius 3 is 2.65 bits per heavy atom. The summed E-state index contributed by atoms with van der Waals surface area (Å²) in [7, 11) is 0. The Bertz CT molecular complexity index is 817. The quantitative estimate of drug-likeness (QED) is 0.509. The monoisotopic (exact) mass is 416 g/mol. The molecule has 23 heavy (non-hydrogen) atoms. The third-order valence-electron chi connectivity index (χ3n) is 3.71. The molecule has 0 radical (unpaired) electrons. The van der Waals surface area contributed by atoms with Gasteiger partial charge in [0.05, 0.1) is 0 Å². The Kier molecular flexibility index (Phi) is 4.66. The van der Waals surface area contributed by atoms with Crippen molar-refractivity contribution in [3.63, 3.8) is 0 Å². The van der Waals surface area contributed by atoms with E-state index in [1.54, 1.807) is 13.0 Å². The number of benzene rings is 2. The third kappa shape index (κ3) is 3.39. The van der Waals surface area contributed by atoms with Gasteiger partial charge in [0.1, 0.15) is 12.4 Å². The summed E-state index contributed by atoms with van der Waals surface area (Å²) in [6.45, 7) is 4.18. The molecule has 2 nitrogen and oxygen atoms in total. The summed E-state index contributed by atoms with van der Waals surface area (Å²) >= 11 is 2.36. The van der Waals surface area contributed by atoms with Crippen LogP contribution in [-0.2, 0) is 4.79 Å². The van der Waals surface area contributed by atoms with Crippen LogP contribution in [0.1, 0.15) is 29.2 Å². The van der Waals surface area contributed by atoms with Crippen LogP contribution in [0.3, 0.4) is 0 Å². The molecule has 0 N–H and O–H groups in total. The second-order valence-corrected chi connectivity index (χ2v) is 6.91. The van der Waals surface area contributed by atoms with Crippen molar-refractivity contribution in [2.75, 3.05) is 6.61 Å². The number of carbonyl (C=O) groups excluding carboxylic acids is 1. The number of carbonyl (C=O) groups is 1. The average Bonchev–Trinajstić information content (AvgIpc) is 2.53. The fourth-order valence-electron chi connectivity index (χ4n) is 2.75. The van der Waals surface area contributed by atoms with E-state index in [1.165, 1.54) is 14.7 Å². The molecular formula is C20H17IO2. The Morgan fingerprint density at radius 2 is 1.96 bits per heavy atom. The first-order chi connectivity index (χ1) is 11.1. The van der Waals surface area contributed by atoms with Crippen LogP contribution in [0.15, 0.2) is 52.1 Å². The van der Waals surface area contributed by atoms with E-state index in [1.807, 2.05) is 24.3 Å². The van der Waals surface area contributed by atoms with Gasteiger partial charge >= 0.3 is 0 Å².